The molecule has 7 heteroatoms. The molecule has 0 aliphatic carbocycles. The number of aryl methyl sites for hydroxylation is 1. The topological polar surface area (TPSA) is 48.7 Å². The van der Waals surface area contributed by atoms with Gasteiger partial charge < -0.3 is 5.32 Å². The van der Waals surface area contributed by atoms with Gasteiger partial charge in [-0.1, -0.05) is 6.92 Å². The second kappa shape index (κ2) is 6.79. The smallest absolute Gasteiger partial charge is 0.385 e. The predicted molar refractivity (Wildman–Crippen MR) is 79.8 cm³/mol. The SMILES string of the molecule is CCc1cnc(CCNc2ccc(C#N)c(C(F)(F)F)c2)s1. The molecule has 0 saturated heterocycles. The van der Waals surface area contributed by atoms with E-state index in [9.17, 15) is 13.2 Å². The van der Waals surface area contributed by atoms with Gasteiger partial charge in [0.15, 0.2) is 0 Å². The van der Waals surface area contributed by atoms with E-state index < -0.39 is 11.7 Å². The standard InChI is InChI=1S/C15H14F3N3S/c1-2-12-9-21-14(22-12)5-6-20-11-4-3-10(8-19)13(7-11)15(16,17)18/h3-4,7,9,20H,2,5-6H2,1H3. The van der Waals surface area contributed by atoms with Crippen molar-refractivity contribution < 1.29 is 13.2 Å². The first kappa shape index (κ1) is 16.3. The summed E-state index contributed by atoms with van der Waals surface area (Å²) in [5, 5.41) is 12.6. The summed E-state index contributed by atoms with van der Waals surface area (Å²) in [6.45, 7) is 2.53. The molecule has 1 N–H and O–H groups in total. The number of alkyl halides is 3. The Balaban J connectivity index is 2.03. The Bertz CT molecular complexity index is 686. The van der Waals surface area contributed by atoms with Crippen molar-refractivity contribution in [2.24, 2.45) is 0 Å². The number of rotatable bonds is 5. The van der Waals surface area contributed by atoms with Crippen molar-refractivity contribution in [2.75, 3.05) is 11.9 Å². The molecule has 1 aromatic carbocycles. The van der Waals surface area contributed by atoms with Crippen LogP contribution < -0.4 is 5.32 Å². The van der Waals surface area contributed by atoms with Crippen molar-refractivity contribution in [3.8, 4) is 6.07 Å². The molecule has 116 valence electrons. The van der Waals surface area contributed by atoms with Crippen LogP contribution in [0.4, 0.5) is 18.9 Å². The summed E-state index contributed by atoms with van der Waals surface area (Å²) in [6, 6.07) is 5.20. The zero-order valence-electron chi connectivity index (χ0n) is 11.9. The van der Waals surface area contributed by atoms with E-state index in [1.54, 1.807) is 17.4 Å². The van der Waals surface area contributed by atoms with Crippen molar-refractivity contribution in [3.63, 3.8) is 0 Å². The molecule has 0 aliphatic rings. The van der Waals surface area contributed by atoms with Crippen molar-refractivity contribution in [1.82, 2.24) is 4.98 Å². The minimum Gasteiger partial charge on any atom is -0.385 e. The largest absolute Gasteiger partial charge is 0.417 e. The predicted octanol–water partition coefficient (Wildman–Crippen LogP) is 4.25. The van der Waals surface area contributed by atoms with Gasteiger partial charge in [-0.25, -0.2) is 4.98 Å². The molecule has 2 aromatic rings. The molecule has 0 unspecified atom stereocenters. The molecule has 0 saturated carbocycles. The first-order valence-corrected chi connectivity index (χ1v) is 7.54. The molecule has 0 aliphatic heterocycles. The van der Waals surface area contributed by atoms with Gasteiger partial charge in [0.1, 0.15) is 0 Å². The monoisotopic (exact) mass is 325 g/mol. The van der Waals surface area contributed by atoms with Gasteiger partial charge in [-0.15, -0.1) is 11.3 Å². The highest BCUT2D eigenvalue weighted by Crippen LogP contribution is 2.33. The van der Waals surface area contributed by atoms with Gasteiger partial charge in [-0.3, -0.25) is 0 Å². The second-order valence-electron chi connectivity index (χ2n) is 4.62. The van der Waals surface area contributed by atoms with Gasteiger partial charge in [0, 0.05) is 29.7 Å². The molecule has 0 spiro atoms. The summed E-state index contributed by atoms with van der Waals surface area (Å²) in [4.78, 5) is 5.45. The Labute approximate surface area is 130 Å². The van der Waals surface area contributed by atoms with Gasteiger partial charge in [0.05, 0.1) is 22.2 Å². The number of nitrogens with zero attached hydrogens (tertiary/aromatic N) is 2. The molecule has 0 radical (unpaired) electrons. The average molecular weight is 325 g/mol. The van der Waals surface area contributed by atoms with E-state index in [4.69, 9.17) is 5.26 Å². The Kier molecular flexibility index (Phi) is 5.03. The van der Waals surface area contributed by atoms with Gasteiger partial charge in [0.2, 0.25) is 0 Å². The lowest BCUT2D eigenvalue weighted by Crippen LogP contribution is -2.10. The van der Waals surface area contributed by atoms with E-state index in [2.05, 4.69) is 10.3 Å². The highest BCUT2D eigenvalue weighted by atomic mass is 32.1. The fourth-order valence-electron chi connectivity index (χ4n) is 1.93. The Morgan fingerprint density at radius 3 is 2.73 bits per heavy atom. The maximum atomic E-state index is 12.9. The zero-order valence-corrected chi connectivity index (χ0v) is 12.7. The summed E-state index contributed by atoms with van der Waals surface area (Å²) in [5.41, 5.74) is -0.938. The van der Waals surface area contributed by atoms with Gasteiger partial charge >= 0.3 is 6.18 Å². The summed E-state index contributed by atoms with van der Waals surface area (Å²) in [6.07, 6.45) is -1.14. The minimum absolute atomic E-state index is 0.346. The molecular formula is C15H14F3N3S. The number of aromatic nitrogens is 1. The van der Waals surface area contributed by atoms with Crippen LogP contribution in [0, 0.1) is 11.3 Å². The number of anilines is 1. The summed E-state index contributed by atoms with van der Waals surface area (Å²) < 4.78 is 38.6. The third-order valence-electron chi connectivity index (χ3n) is 3.06. The van der Waals surface area contributed by atoms with E-state index in [0.717, 1.165) is 17.5 Å². The summed E-state index contributed by atoms with van der Waals surface area (Å²) >= 11 is 1.61. The fourth-order valence-corrected chi connectivity index (χ4v) is 2.79. The lowest BCUT2D eigenvalue weighted by atomic mass is 10.1. The first-order chi connectivity index (χ1) is 10.4. The van der Waals surface area contributed by atoms with Crippen molar-refractivity contribution >= 4 is 17.0 Å². The number of thiazole rings is 1. The van der Waals surface area contributed by atoms with Crippen LogP contribution in [0.1, 0.15) is 27.9 Å². The van der Waals surface area contributed by atoms with Crippen LogP contribution in [0.3, 0.4) is 0 Å². The Morgan fingerprint density at radius 1 is 1.36 bits per heavy atom. The lowest BCUT2D eigenvalue weighted by molar-refractivity contribution is -0.137. The summed E-state index contributed by atoms with van der Waals surface area (Å²) in [5.74, 6) is 0. The van der Waals surface area contributed by atoms with Crippen molar-refractivity contribution in [3.05, 3.63) is 45.4 Å². The van der Waals surface area contributed by atoms with Crippen molar-refractivity contribution in [2.45, 2.75) is 25.9 Å². The van der Waals surface area contributed by atoms with Gasteiger partial charge in [-0.2, -0.15) is 18.4 Å². The molecular weight excluding hydrogens is 311 g/mol. The molecule has 22 heavy (non-hydrogen) atoms. The zero-order chi connectivity index (χ0) is 16.2. The maximum Gasteiger partial charge on any atom is 0.417 e. The van der Waals surface area contributed by atoms with Crippen LogP contribution in [0.5, 0.6) is 0 Å². The molecule has 0 fully saturated rings. The quantitative estimate of drug-likeness (QED) is 0.894. The minimum atomic E-state index is -4.53. The number of hydrogen-bond acceptors (Lipinski definition) is 4. The molecule has 1 heterocycles. The normalized spacial score (nSPS) is 11.2. The molecule has 1 aromatic heterocycles. The van der Waals surface area contributed by atoms with Crippen LogP contribution in [0.15, 0.2) is 24.4 Å². The second-order valence-corrected chi connectivity index (χ2v) is 5.82. The van der Waals surface area contributed by atoms with E-state index in [1.165, 1.54) is 17.0 Å². The highest BCUT2D eigenvalue weighted by molar-refractivity contribution is 7.11. The van der Waals surface area contributed by atoms with Crippen LogP contribution in [0.2, 0.25) is 0 Å². The third-order valence-corrected chi connectivity index (χ3v) is 4.26. The van der Waals surface area contributed by atoms with E-state index in [0.29, 0.717) is 18.7 Å². The van der Waals surface area contributed by atoms with E-state index in [1.807, 2.05) is 13.1 Å². The van der Waals surface area contributed by atoms with Crippen LogP contribution in [0.25, 0.3) is 0 Å². The molecule has 0 bridgehead atoms. The molecule has 0 atom stereocenters. The van der Waals surface area contributed by atoms with Crippen molar-refractivity contribution in [1.29, 1.82) is 5.26 Å². The number of hydrogen-bond donors (Lipinski definition) is 1. The molecule has 2 rings (SSSR count). The fraction of sp³-hybridized carbons (Fsp3) is 0.333. The maximum absolute atomic E-state index is 12.9. The number of nitrogens with one attached hydrogen (secondary N) is 1. The average Bonchev–Trinajstić information content (AvgIpc) is 2.94. The van der Waals surface area contributed by atoms with Crippen LogP contribution in [-0.2, 0) is 19.0 Å². The van der Waals surface area contributed by atoms with Gasteiger partial charge in [0.25, 0.3) is 0 Å². The Morgan fingerprint density at radius 2 is 2.14 bits per heavy atom. The number of benzene rings is 1. The summed E-state index contributed by atoms with van der Waals surface area (Å²) in [7, 11) is 0. The highest BCUT2D eigenvalue weighted by Gasteiger charge is 2.33. The van der Waals surface area contributed by atoms with Crippen LogP contribution >= 0.6 is 11.3 Å². The lowest BCUT2D eigenvalue weighted by Gasteiger charge is -2.12. The number of nitriles is 1. The number of halogens is 3. The molecule has 3 nitrogen and oxygen atoms in total. The molecule has 0 amide bonds. The van der Waals surface area contributed by atoms with Gasteiger partial charge in [-0.05, 0) is 24.6 Å². The Hall–Kier alpha value is -2.07. The van der Waals surface area contributed by atoms with E-state index >= 15 is 0 Å². The van der Waals surface area contributed by atoms with E-state index in [-0.39, 0.29) is 5.56 Å². The van der Waals surface area contributed by atoms with Crippen LogP contribution in [-0.4, -0.2) is 11.5 Å². The third kappa shape index (κ3) is 3.98. The first-order valence-electron chi connectivity index (χ1n) is 6.73.